The smallest absolute Gasteiger partial charge is 0.278 e. The van der Waals surface area contributed by atoms with Gasteiger partial charge < -0.3 is 20.1 Å². The normalized spacial score (nSPS) is 11.6. The SMILES string of the molecule is COc1cc(NC(=O)C(C)n2c(=O)c(-c3ccccc3NC(C)=O)nc3ccccc32)cc(OC)c1. The van der Waals surface area contributed by atoms with Gasteiger partial charge in [0, 0.05) is 36.4 Å². The molecule has 4 aromatic rings. The quantitative estimate of drug-likeness (QED) is 0.404. The molecule has 2 amide bonds. The second-order valence-electron chi connectivity index (χ2n) is 8.12. The fourth-order valence-electron chi connectivity index (χ4n) is 3.95. The Morgan fingerprint density at radius 1 is 0.917 bits per heavy atom. The van der Waals surface area contributed by atoms with Crippen molar-refractivity contribution in [1.82, 2.24) is 9.55 Å². The predicted octanol–water partition coefficient (Wildman–Crippen LogP) is 4.24. The highest BCUT2D eigenvalue weighted by Crippen LogP contribution is 2.28. The first-order chi connectivity index (χ1) is 17.3. The fourth-order valence-corrected chi connectivity index (χ4v) is 3.95. The van der Waals surface area contributed by atoms with Crippen LogP contribution in [0.3, 0.4) is 0 Å². The molecular weight excluding hydrogens is 460 g/mol. The molecule has 0 aliphatic heterocycles. The summed E-state index contributed by atoms with van der Waals surface area (Å²) in [5.41, 5.74) is 2.09. The molecule has 3 aromatic carbocycles. The molecule has 0 fully saturated rings. The Balaban J connectivity index is 1.82. The molecule has 0 aliphatic carbocycles. The van der Waals surface area contributed by atoms with E-state index in [9.17, 15) is 14.4 Å². The second kappa shape index (κ2) is 10.3. The van der Waals surface area contributed by atoms with Crippen molar-refractivity contribution in [3.63, 3.8) is 0 Å². The maximum absolute atomic E-state index is 13.8. The number of rotatable bonds is 7. The minimum Gasteiger partial charge on any atom is -0.497 e. The number of nitrogens with one attached hydrogen (secondary N) is 2. The van der Waals surface area contributed by atoms with Gasteiger partial charge in [0.15, 0.2) is 0 Å². The summed E-state index contributed by atoms with van der Waals surface area (Å²) in [6, 6.07) is 18.1. The molecule has 1 aromatic heterocycles. The molecule has 1 heterocycles. The molecule has 0 aliphatic rings. The summed E-state index contributed by atoms with van der Waals surface area (Å²) >= 11 is 0. The maximum atomic E-state index is 13.8. The number of amides is 2. The highest BCUT2D eigenvalue weighted by atomic mass is 16.5. The summed E-state index contributed by atoms with van der Waals surface area (Å²) in [6.45, 7) is 3.03. The summed E-state index contributed by atoms with van der Waals surface area (Å²) in [5, 5.41) is 5.58. The van der Waals surface area contributed by atoms with E-state index in [1.165, 1.54) is 25.7 Å². The van der Waals surface area contributed by atoms with Gasteiger partial charge in [-0.25, -0.2) is 4.98 Å². The molecule has 4 rings (SSSR count). The van der Waals surface area contributed by atoms with Crippen LogP contribution in [0.4, 0.5) is 11.4 Å². The maximum Gasteiger partial charge on any atom is 0.278 e. The van der Waals surface area contributed by atoms with E-state index >= 15 is 0 Å². The van der Waals surface area contributed by atoms with Gasteiger partial charge in [-0.05, 0) is 25.1 Å². The molecule has 0 saturated heterocycles. The highest BCUT2D eigenvalue weighted by Gasteiger charge is 2.23. The molecule has 0 spiro atoms. The lowest BCUT2D eigenvalue weighted by Gasteiger charge is -2.20. The first kappa shape index (κ1) is 24.5. The van der Waals surface area contributed by atoms with E-state index in [1.54, 1.807) is 73.7 Å². The Labute approximate surface area is 207 Å². The van der Waals surface area contributed by atoms with Gasteiger partial charge in [0.05, 0.1) is 30.9 Å². The van der Waals surface area contributed by atoms with Crippen LogP contribution >= 0.6 is 0 Å². The molecule has 0 bridgehead atoms. The van der Waals surface area contributed by atoms with Crippen molar-refractivity contribution < 1.29 is 19.1 Å². The lowest BCUT2D eigenvalue weighted by atomic mass is 10.1. The minimum atomic E-state index is -0.894. The van der Waals surface area contributed by atoms with Gasteiger partial charge in [-0.2, -0.15) is 0 Å². The van der Waals surface area contributed by atoms with Crippen LogP contribution in [-0.4, -0.2) is 35.6 Å². The van der Waals surface area contributed by atoms with Crippen LogP contribution < -0.4 is 25.7 Å². The van der Waals surface area contributed by atoms with Crippen molar-refractivity contribution in [2.24, 2.45) is 0 Å². The van der Waals surface area contributed by atoms with Crippen molar-refractivity contribution in [2.45, 2.75) is 19.9 Å². The fraction of sp³-hybridized carbons (Fsp3) is 0.185. The Bertz CT molecular complexity index is 1490. The largest absolute Gasteiger partial charge is 0.497 e. The van der Waals surface area contributed by atoms with E-state index in [0.717, 1.165) is 0 Å². The van der Waals surface area contributed by atoms with Crippen LogP contribution in [0.15, 0.2) is 71.5 Å². The second-order valence-corrected chi connectivity index (χ2v) is 8.12. The average Bonchev–Trinajstić information content (AvgIpc) is 2.87. The van der Waals surface area contributed by atoms with Crippen LogP contribution in [0.2, 0.25) is 0 Å². The molecule has 1 unspecified atom stereocenters. The van der Waals surface area contributed by atoms with Crippen molar-refractivity contribution in [2.75, 3.05) is 24.9 Å². The van der Waals surface area contributed by atoms with Crippen molar-refractivity contribution in [3.05, 3.63) is 77.1 Å². The number of benzene rings is 3. The highest BCUT2D eigenvalue weighted by molar-refractivity contribution is 5.96. The van der Waals surface area contributed by atoms with Crippen LogP contribution in [0.1, 0.15) is 19.9 Å². The van der Waals surface area contributed by atoms with E-state index in [0.29, 0.717) is 39.5 Å². The number of methoxy groups -OCH3 is 2. The Morgan fingerprint density at radius 3 is 2.22 bits per heavy atom. The monoisotopic (exact) mass is 486 g/mol. The first-order valence-corrected chi connectivity index (χ1v) is 11.2. The van der Waals surface area contributed by atoms with E-state index in [4.69, 9.17) is 9.47 Å². The van der Waals surface area contributed by atoms with Crippen LogP contribution in [-0.2, 0) is 9.59 Å². The van der Waals surface area contributed by atoms with Crippen molar-refractivity contribution in [1.29, 1.82) is 0 Å². The van der Waals surface area contributed by atoms with E-state index in [2.05, 4.69) is 15.6 Å². The van der Waals surface area contributed by atoms with Crippen molar-refractivity contribution in [3.8, 4) is 22.8 Å². The zero-order valence-corrected chi connectivity index (χ0v) is 20.4. The Hall–Kier alpha value is -4.66. The molecule has 9 heteroatoms. The predicted molar refractivity (Wildman–Crippen MR) is 139 cm³/mol. The molecule has 1 atom stereocenters. The van der Waals surface area contributed by atoms with E-state index in [1.807, 2.05) is 0 Å². The lowest BCUT2D eigenvalue weighted by Crippen LogP contribution is -2.33. The number of carbonyl (C=O) groups excluding carboxylic acids is 2. The van der Waals surface area contributed by atoms with Crippen LogP contribution in [0.25, 0.3) is 22.3 Å². The standard InChI is InChI=1S/C27H26N4O5/c1-16(26(33)29-18-13-19(35-3)15-20(14-18)36-4)31-24-12-8-7-11-23(24)30-25(27(31)34)21-9-5-6-10-22(21)28-17(2)32/h5-16H,1-4H3,(H,28,32)(H,29,33). The summed E-state index contributed by atoms with van der Waals surface area (Å²) in [6.07, 6.45) is 0. The summed E-state index contributed by atoms with van der Waals surface area (Å²) in [5.74, 6) is 0.344. The number of aromatic nitrogens is 2. The zero-order chi connectivity index (χ0) is 25.8. The minimum absolute atomic E-state index is 0.126. The molecule has 36 heavy (non-hydrogen) atoms. The van der Waals surface area contributed by atoms with Gasteiger partial charge >= 0.3 is 0 Å². The van der Waals surface area contributed by atoms with Gasteiger partial charge in [0.1, 0.15) is 23.2 Å². The van der Waals surface area contributed by atoms with Gasteiger partial charge in [-0.1, -0.05) is 30.3 Å². The third-order valence-electron chi connectivity index (χ3n) is 5.67. The topological polar surface area (TPSA) is 112 Å². The summed E-state index contributed by atoms with van der Waals surface area (Å²) in [4.78, 5) is 43.5. The number of hydrogen-bond donors (Lipinski definition) is 2. The number of carbonyl (C=O) groups is 2. The number of hydrogen-bond acceptors (Lipinski definition) is 6. The molecule has 9 nitrogen and oxygen atoms in total. The summed E-state index contributed by atoms with van der Waals surface area (Å²) in [7, 11) is 3.04. The zero-order valence-electron chi connectivity index (χ0n) is 20.4. The van der Waals surface area contributed by atoms with E-state index < -0.39 is 17.5 Å². The van der Waals surface area contributed by atoms with Gasteiger partial charge in [-0.15, -0.1) is 0 Å². The summed E-state index contributed by atoms with van der Waals surface area (Å²) < 4.78 is 12.0. The number of nitrogens with zero attached hydrogens (tertiary/aromatic N) is 2. The number of fused-ring (bicyclic) bond motifs is 1. The Morgan fingerprint density at radius 2 is 1.56 bits per heavy atom. The van der Waals surface area contributed by atoms with E-state index in [-0.39, 0.29) is 11.6 Å². The third-order valence-corrected chi connectivity index (χ3v) is 5.67. The van der Waals surface area contributed by atoms with Crippen molar-refractivity contribution >= 4 is 34.2 Å². The third kappa shape index (κ3) is 4.90. The number of para-hydroxylation sites is 3. The van der Waals surface area contributed by atoms with Crippen LogP contribution in [0.5, 0.6) is 11.5 Å². The van der Waals surface area contributed by atoms with Crippen LogP contribution in [0, 0.1) is 0 Å². The van der Waals surface area contributed by atoms with Gasteiger partial charge in [0.25, 0.3) is 5.56 Å². The van der Waals surface area contributed by atoms with Gasteiger partial charge in [-0.3, -0.25) is 19.0 Å². The molecule has 0 saturated carbocycles. The molecular formula is C27H26N4O5. The number of ether oxygens (including phenoxy) is 2. The average molecular weight is 487 g/mol. The lowest BCUT2D eigenvalue weighted by molar-refractivity contribution is -0.118. The molecule has 2 N–H and O–H groups in total. The molecule has 184 valence electrons. The number of anilines is 2. The van der Waals surface area contributed by atoms with Gasteiger partial charge in [0.2, 0.25) is 11.8 Å². The Kier molecular flexibility index (Phi) is 7.00. The molecule has 0 radical (unpaired) electrons. The first-order valence-electron chi connectivity index (χ1n) is 11.2.